The summed E-state index contributed by atoms with van der Waals surface area (Å²) in [6, 6.07) is 7.46. The number of rotatable bonds is 1. The Kier molecular flexibility index (Phi) is 2.06. The zero-order valence-corrected chi connectivity index (χ0v) is 8.28. The fourth-order valence-corrected chi connectivity index (χ4v) is 1.48. The molecule has 0 radical (unpaired) electrons. The third kappa shape index (κ3) is 1.58. The molecule has 0 atom stereocenters. The Balaban J connectivity index is 2.53. The summed E-state index contributed by atoms with van der Waals surface area (Å²) in [6.45, 7) is 0. The molecular weight excluding hydrogens is 232 g/mol. The van der Waals surface area contributed by atoms with E-state index in [0.29, 0.717) is 11.4 Å². The van der Waals surface area contributed by atoms with E-state index in [1.165, 1.54) is 0 Å². The molecule has 0 aliphatic heterocycles. The van der Waals surface area contributed by atoms with E-state index in [2.05, 4.69) is 21.1 Å². The van der Waals surface area contributed by atoms with Crippen molar-refractivity contribution in [3.05, 3.63) is 34.9 Å². The lowest BCUT2D eigenvalue weighted by molar-refractivity contribution is 0.432. The molecular formula is C9H7BrN2O. The Labute approximate surface area is 83.7 Å². The summed E-state index contributed by atoms with van der Waals surface area (Å²) in [5.74, 6) is 0.701. The molecule has 0 fully saturated rings. The maximum atomic E-state index is 5.64. The average molecular weight is 239 g/mol. The average Bonchev–Trinajstić information content (AvgIpc) is 2.51. The van der Waals surface area contributed by atoms with Crippen LogP contribution in [-0.2, 0) is 0 Å². The predicted octanol–water partition coefficient (Wildman–Crippen LogP) is 2.69. The molecule has 0 aliphatic rings. The normalized spacial score (nSPS) is 10.2. The van der Waals surface area contributed by atoms with Crippen molar-refractivity contribution in [3.63, 3.8) is 0 Å². The van der Waals surface area contributed by atoms with Gasteiger partial charge in [0.15, 0.2) is 5.76 Å². The number of nitrogens with zero attached hydrogens (tertiary/aromatic N) is 1. The quantitative estimate of drug-likeness (QED) is 0.778. The second-order valence-corrected chi connectivity index (χ2v) is 3.48. The molecule has 0 spiro atoms. The van der Waals surface area contributed by atoms with Crippen molar-refractivity contribution >= 4 is 21.6 Å². The topological polar surface area (TPSA) is 52.0 Å². The van der Waals surface area contributed by atoms with Gasteiger partial charge in [0.1, 0.15) is 0 Å². The van der Waals surface area contributed by atoms with Crippen molar-refractivity contribution in [2.75, 3.05) is 5.73 Å². The molecule has 13 heavy (non-hydrogen) atoms. The summed E-state index contributed by atoms with van der Waals surface area (Å²) >= 11 is 3.33. The lowest BCUT2D eigenvalue weighted by Gasteiger charge is -1.97. The third-order valence-corrected chi connectivity index (χ3v) is 2.24. The van der Waals surface area contributed by atoms with Gasteiger partial charge in [0.05, 0.1) is 10.7 Å². The van der Waals surface area contributed by atoms with Gasteiger partial charge in [-0.3, -0.25) is 0 Å². The van der Waals surface area contributed by atoms with Crippen molar-refractivity contribution < 1.29 is 4.52 Å². The van der Waals surface area contributed by atoms with Gasteiger partial charge in [0, 0.05) is 11.3 Å². The maximum Gasteiger partial charge on any atom is 0.181 e. The molecule has 3 nitrogen and oxygen atoms in total. The first-order chi connectivity index (χ1) is 6.27. The van der Waals surface area contributed by atoms with Crippen LogP contribution < -0.4 is 5.73 Å². The van der Waals surface area contributed by atoms with Gasteiger partial charge in [0.2, 0.25) is 0 Å². The highest BCUT2D eigenvalue weighted by Gasteiger charge is 2.07. The Morgan fingerprint density at radius 1 is 1.38 bits per heavy atom. The molecule has 0 amide bonds. The number of halogens is 1. The van der Waals surface area contributed by atoms with Crippen LogP contribution in [0.1, 0.15) is 0 Å². The molecule has 1 aromatic heterocycles. The zero-order valence-electron chi connectivity index (χ0n) is 6.70. The highest BCUT2D eigenvalue weighted by Crippen LogP contribution is 2.28. The summed E-state index contributed by atoms with van der Waals surface area (Å²) in [5.41, 5.74) is 7.27. The van der Waals surface area contributed by atoms with E-state index in [-0.39, 0.29) is 0 Å². The second kappa shape index (κ2) is 3.22. The van der Waals surface area contributed by atoms with E-state index in [9.17, 15) is 0 Å². The minimum absolute atomic E-state index is 0.701. The van der Waals surface area contributed by atoms with Gasteiger partial charge >= 0.3 is 0 Å². The van der Waals surface area contributed by atoms with Crippen LogP contribution in [0.3, 0.4) is 0 Å². The smallest absolute Gasteiger partial charge is 0.181 e. The Hall–Kier alpha value is -1.29. The molecule has 2 aromatic rings. The Morgan fingerprint density at radius 3 is 2.85 bits per heavy atom. The summed E-state index contributed by atoms with van der Waals surface area (Å²) in [4.78, 5) is 0. The van der Waals surface area contributed by atoms with Crippen LogP contribution in [0.5, 0.6) is 0 Å². The number of nitrogen functional groups attached to an aromatic ring is 1. The van der Waals surface area contributed by atoms with Crippen LogP contribution in [-0.4, -0.2) is 5.16 Å². The zero-order chi connectivity index (χ0) is 9.26. The minimum Gasteiger partial charge on any atom is -0.399 e. The van der Waals surface area contributed by atoms with Crippen molar-refractivity contribution in [2.24, 2.45) is 0 Å². The molecule has 1 heterocycles. The Morgan fingerprint density at radius 2 is 2.23 bits per heavy atom. The fourth-order valence-electron chi connectivity index (χ4n) is 1.10. The van der Waals surface area contributed by atoms with Crippen LogP contribution in [0.4, 0.5) is 5.69 Å². The molecule has 66 valence electrons. The molecule has 4 heteroatoms. The second-order valence-electron chi connectivity index (χ2n) is 2.63. The van der Waals surface area contributed by atoms with Gasteiger partial charge in [-0.05, 0) is 28.1 Å². The van der Waals surface area contributed by atoms with Crippen molar-refractivity contribution in [1.29, 1.82) is 0 Å². The number of nitrogens with two attached hydrogens (primary N) is 1. The van der Waals surface area contributed by atoms with Crippen molar-refractivity contribution in [3.8, 4) is 11.3 Å². The lowest BCUT2D eigenvalue weighted by Crippen LogP contribution is -1.84. The number of benzene rings is 1. The fraction of sp³-hybridized carbons (Fsp3) is 0. The van der Waals surface area contributed by atoms with Crippen LogP contribution in [0.25, 0.3) is 11.3 Å². The highest BCUT2D eigenvalue weighted by molar-refractivity contribution is 9.10. The van der Waals surface area contributed by atoms with Crippen LogP contribution >= 0.6 is 15.9 Å². The van der Waals surface area contributed by atoms with E-state index in [4.69, 9.17) is 10.3 Å². The van der Waals surface area contributed by atoms with E-state index in [1.54, 1.807) is 6.20 Å². The van der Waals surface area contributed by atoms with E-state index >= 15 is 0 Å². The van der Waals surface area contributed by atoms with Gasteiger partial charge in [-0.2, -0.15) is 0 Å². The molecule has 2 N–H and O–H groups in total. The first-order valence-corrected chi connectivity index (χ1v) is 4.53. The number of hydrogen-bond donors (Lipinski definition) is 1. The first kappa shape index (κ1) is 8.31. The lowest BCUT2D eigenvalue weighted by atomic mass is 10.1. The van der Waals surface area contributed by atoms with Crippen molar-refractivity contribution in [2.45, 2.75) is 0 Å². The van der Waals surface area contributed by atoms with E-state index < -0.39 is 0 Å². The molecule has 0 saturated carbocycles. The number of anilines is 1. The molecule has 0 unspecified atom stereocenters. The molecule has 2 rings (SSSR count). The Bertz CT molecular complexity index is 425. The van der Waals surface area contributed by atoms with E-state index in [1.807, 2.05) is 24.3 Å². The molecule has 0 aliphatic carbocycles. The number of hydrogen-bond acceptors (Lipinski definition) is 3. The van der Waals surface area contributed by atoms with Gasteiger partial charge < -0.3 is 10.3 Å². The predicted molar refractivity (Wildman–Crippen MR) is 54.1 cm³/mol. The highest BCUT2D eigenvalue weighted by atomic mass is 79.9. The van der Waals surface area contributed by atoms with Gasteiger partial charge in [-0.15, -0.1) is 0 Å². The molecule has 0 saturated heterocycles. The van der Waals surface area contributed by atoms with Gasteiger partial charge in [-0.1, -0.05) is 17.3 Å². The van der Waals surface area contributed by atoms with Crippen LogP contribution in [0, 0.1) is 0 Å². The third-order valence-electron chi connectivity index (χ3n) is 1.68. The van der Waals surface area contributed by atoms with Crippen LogP contribution in [0.2, 0.25) is 0 Å². The molecule has 1 aromatic carbocycles. The SMILES string of the molecule is Nc1cccc(-c2oncc2Br)c1. The first-order valence-electron chi connectivity index (χ1n) is 3.73. The standard InChI is InChI=1S/C9H7BrN2O/c10-8-5-12-13-9(8)6-2-1-3-7(11)4-6/h1-5H,11H2. The van der Waals surface area contributed by atoms with E-state index in [0.717, 1.165) is 10.0 Å². The largest absolute Gasteiger partial charge is 0.399 e. The monoisotopic (exact) mass is 238 g/mol. The number of aromatic nitrogens is 1. The summed E-state index contributed by atoms with van der Waals surface area (Å²) in [6.07, 6.45) is 1.61. The molecule has 0 bridgehead atoms. The summed E-state index contributed by atoms with van der Waals surface area (Å²) in [7, 11) is 0. The van der Waals surface area contributed by atoms with Gasteiger partial charge in [-0.25, -0.2) is 0 Å². The van der Waals surface area contributed by atoms with Gasteiger partial charge in [0.25, 0.3) is 0 Å². The maximum absolute atomic E-state index is 5.64. The van der Waals surface area contributed by atoms with Crippen molar-refractivity contribution in [1.82, 2.24) is 5.16 Å². The summed E-state index contributed by atoms with van der Waals surface area (Å²) < 4.78 is 5.88. The minimum atomic E-state index is 0.701. The van der Waals surface area contributed by atoms with Crippen LogP contribution in [0.15, 0.2) is 39.5 Å². The summed E-state index contributed by atoms with van der Waals surface area (Å²) in [5, 5.41) is 3.67.